The van der Waals surface area contributed by atoms with Crippen molar-refractivity contribution in [2.75, 3.05) is 32.8 Å². The van der Waals surface area contributed by atoms with E-state index < -0.39 is 12.7 Å². The standard InChI is InChI=1S/C16H19F3N2O3/c17-16(18,19)10-20-9-15(22)21-5-1-2-12(21)11-3-4-13-14(8-11)24-7-6-23-13/h3-4,8,12,20H,1-2,5-7,9-10H2. The molecule has 1 N–H and O–H groups in total. The van der Waals surface area contributed by atoms with Gasteiger partial charge < -0.3 is 19.7 Å². The van der Waals surface area contributed by atoms with Crippen molar-refractivity contribution in [3.05, 3.63) is 23.8 Å². The Bertz CT molecular complexity index is 607. The first-order valence-corrected chi connectivity index (χ1v) is 7.90. The van der Waals surface area contributed by atoms with Gasteiger partial charge in [-0.1, -0.05) is 6.07 Å². The van der Waals surface area contributed by atoms with Crippen molar-refractivity contribution in [3.63, 3.8) is 0 Å². The number of halogens is 3. The molecule has 2 aliphatic heterocycles. The Kier molecular flexibility index (Phi) is 4.84. The molecule has 1 aromatic carbocycles. The molecule has 8 heteroatoms. The van der Waals surface area contributed by atoms with Crippen LogP contribution in [0.25, 0.3) is 0 Å². The zero-order valence-corrected chi connectivity index (χ0v) is 13.1. The minimum Gasteiger partial charge on any atom is -0.486 e. The molecule has 2 aliphatic rings. The lowest BCUT2D eigenvalue weighted by Gasteiger charge is -2.27. The molecule has 1 aromatic rings. The number of alkyl halides is 3. The Balaban J connectivity index is 1.65. The topological polar surface area (TPSA) is 50.8 Å². The van der Waals surface area contributed by atoms with Crippen LogP contribution in [0.5, 0.6) is 11.5 Å². The lowest BCUT2D eigenvalue weighted by atomic mass is 10.0. The fourth-order valence-corrected chi connectivity index (χ4v) is 3.09. The highest BCUT2D eigenvalue weighted by Crippen LogP contribution is 2.38. The summed E-state index contributed by atoms with van der Waals surface area (Å²) in [7, 11) is 0. The Labute approximate surface area is 137 Å². The third kappa shape index (κ3) is 3.92. The molecule has 0 saturated carbocycles. The molecule has 0 aliphatic carbocycles. The molecule has 0 radical (unpaired) electrons. The molecule has 0 bridgehead atoms. The van der Waals surface area contributed by atoms with Gasteiger partial charge in [0.25, 0.3) is 0 Å². The Morgan fingerprint density at radius 3 is 2.75 bits per heavy atom. The molecule has 0 spiro atoms. The van der Waals surface area contributed by atoms with Gasteiger partial charge in [0, 0.05) is 6.54 Å². The van der Waals surface area contributed by atoms with E-state index in [-0.39, 0.29) is 18.5 Å². The third-order valence-corrected chi connectivity index (χ3v) is 4.13. The van der Waals surface area contributed by atoms with E-state index in [1.807, 2.05) is 18.2 Å². The first kappa shape index (κ1) is 16.9. The van der Waals surface area contributed by atoms with Crippen LogP contribution < -0.4 is 14.8 Å². The predicted molar refractivity (Wildman–Crippen MR) is 80.0 cm³/mol. The van der Waals surface area contributed by atoms with Crippen molar-refractivity contribution in [2.24, 2.45) is 0 Å². The van der Waals surface area contributed by atoms with Gasteiger partial charge in [-0.15, -0.1) is 0 Å². The lowest BCUT2D eigenvalue weighted by Crippen LogP contribution is -2.40. The van der Waals surface area contributed by atoms with E-state index in [9.17, 15) is 18.0 Å². The van der Waals surface area contributed by atoms with E-state index in [1.165, 1.54) is 0 Å². The molecule has 2 heterocycles. The molecule has 5 nitrogen and oxygen atoms in total. The largest absolute Gasteiger partial charge is 0.486 e. The number of nitrogens with zero attached hydrogens (tertiary/aromatic N) is 1. The maximum absolute atomic E-state index is 12.2. The molecule has 24 heavy (non-hydrogen) atoms. The van der Waals surface area contributed by atoms with Gasteiger partial charge in [-0.25, -0.2) is 0 Å². The molecule has 1 amide bonds. The van der Waals surface area contributed by atoms with E-state index in [2.05, 4.69) is 5.32 Å². The van der Waals surface area contributed by atoms with E-state index in [0.29, 0.717) is 31.3 Å². The molecule has 132 valence electrons. The minimum atomic E-state index is -4.32. The molecular formula is C16H19F3N2O3. The summed E-state index contributed by atoms with van der Waals surface area (Å²) in [5.41, 5.74) is 0.918. The van der Waals surface area contributed by atoms with Gasteiger partial charge in [0.15, 0.2) is 11.5 Å². The van der Waals surface area contributed by atoms with Crippen molar-refractivity contribution in [2.45, 2.75) is 25.1 Å². The second-order valence-corrected chi connectivity index (χ2v) is 5.87. The van der Waals surface area contributed by atoms with Crippen LogP contribution in [0, 0.1) is 0 Å². The second-order valence-electron chi connectivity index (χ2n) is 5.87. The van der Waals surface area contributed by atoms with Crippen LogP contribution in [-0.4, -0.2) is 49.8 Å². The van der Waals surface area contributed by atoms with Crippen molar-refractivity contribution in [1.29, 1.82) is 0 Å². The van der Waals surface area contributed by atoms with Crippen LogP contribution in [0.1, 0.15) is 24.4 Å². The molecule has 1 unspecified atom stereocenters. The molecular weight excluding hydrogens is 325 g/mol. The first-order chi connectivity index (χ1) is 11.4. The Morgan fingerprint density at radius 1 is 1.25 bits per heavy atom. The van der Waals surface area contributed by atoms with Gasteiger partial charge in [-0.2, -0.15) is 13.2 Å². The van der Waals surface area contributed by atoms with Gasteiger partial charge in [-0.3, -0.25) is 4.79 Å². The number of ether oxygens (including phenoxy) is 2. The number of fused-ring (bicyclic) bond motifs is 1. The van der Waals surface area contributed by atoms with E-state index in [0.717, 1.165) is 18.4 Å². The molecule has 1 fully saturated rings. The van der Waals surface area contributed by atoms with Gasteiger partial charge in [0.1, 0.15) is 13.2 Å². The maximum Gasteiger partial charge on any atom is 0.401 e. The summed E-state index contributed by atoms with van der Waals surface area (Å²) in [6.07, 6.45) is -2.71. The Morgan fingerprint density at radius 2 is 2.00 bits per heavy atom. The fourth-order valence-electron chi connectivity index (χ4n) is 3.09. The monoisotopic (exact) mass is 344 g/mol. The normalized spacial score (nSPS) is 20.3. The van der Waals surface area contributed by atoms with E-state index in [1.54, 1.807) is 4.90 Å². The maximum atomic E-state index is 12.2. The van der Waals surface area contributed by atoms with E-state index >= 15 is 0 Å². The fraction of sp³-hybridized carbons (Fsp3) is 0.562. The lowest BCUT2D eigenvalue weighted by molar-refractivity contribution is -0.134. The van der Waals surface area contributed by atoms with Crippen molar-refractivity contribution in [3.8, 4) is 11.5 Å². The first-order valence-electron chi connectivity index (χ1n) is 7.90. The summed E-state index contributed by atoms with van der Waals surface area (Å²) in [4.78, 5) is 13.9. The van der Waals surface area contributed by atoms with Crippen LogP contribution in [0.2, 0.25) is 0 Å². The summed E-state index contributed by atoms with van der Waals surface area (Å²) in [6.45, 7) is 0.0455. The van der Waals surface area contributed by atoms with Crippen LogP contribution in [0.15, 0.2) is 18.2 Å². The third-order valence-electron chi connectivity index (χ3n) is 4.13. The van der Waals surface area contributed by atoms with Crippen LogP contribution >= 0.6 is 0 Å². The summed E-state index contributed by atoms with van der Waals surface area (Å²) in [5, 5.41) is 2.16. The summed E-state index contributed by atoms with van der Waals surface area (Å²) >= 11 is 0. The number of amides is 1. The summed E-state index contributed by atoms with van der Waals surface area (Å²) in [5.74, 6) is 0.998. The van der Waals surface area contributed by atoms with Gasteiger partial charge in [0.05, 0.1) is 19.1 Å². The van der Waals surface area contributed by atoms with Crippen LogP contribution in [0.3, 0.4) is 0 Å². The van der Waals surface area contributed by atoms with Gasteiger partial charge in [0.2, 0.25) is 5.91 Å². The van der Waals surface area contributed by atoms with Gasteiger partial charge in [-0.05, 0) is 30.5 Å². The van der Waals surface area contributed by atoms with Crippen LogP contribution in [0.4, 0.5) is 13.2 Å². The summed E-state index contributed by atoms with van der Waals surface area (Å²) < 4.78 is 47.6. The van der Waals surface area contributed by atoms with Crippen molar-refractivity contribution >= 4 is 5.91 Å². The number of rotatable bonds is 4. The predicted octanol–water partition coefficient (Wildman–Crippen LogP) is 2.27. The molecule has 1 saturated heterocycles. The number of hydrogen-bond acceptors (Lipinski definition) is 4. The summed E-state index contributed by atoms with van der Waals surface area (Å²) in [6, 6.07) is 5.41. The highest BCUT2D eigenvalue weighted by atomic mass is 19.4. The number of carbonyl (C=O) groups excluding carboxylic acids is 1. The van der Waals surface area contributed by atoms with Gasteiger partial charge >= 0.3 is 6.18 Å². The quantitative estimate of drug-likeness (QED) is 0.910. The highest BCUT2D eigenvalue weighted by Gasteiger charge is 2.32. The Hall–Kier alpha value is -1.96. The zero-order chi connectivity index (χ0) is 17.2. The van der Waals surface area contributed by atoms with Crippen molar-refractivity contribution < 1.29 is 27.4 Å². The average Bonchev–Trinajstić information content (AvgIpc) is 3.03. The number of hydrogen-bond donors (Lipinski definition) is 1. The molecule has 3 rings (SSSR count). The number of benzene rings is 1. The SMILES string of the molecule is O=C(CNCC(F)(F)F)N1CCCC1c1ccc2c(c1)OCCO2. The van der Waals surface area contributed by atoms with Crippen molar-refractivity contribution in [1.82, 2.24) is 10.2 Å². The van der Waals surface area contributed by atoms with Crippen LogP contribution in [-0.2, 0) is 4.79 Å². The number of nitrogens with one attached hydrogen (secondary N) is 1. The number of carbonyl (C=O) groups is 1. The van der Waals surface area contributed by atoms with E-state index in [4.69, 9.17) is 9.47 Å². The zero-order valence-electron chi connectivity index (χ0n) is 13.1. The minimum absolute atomic E-state index is 0.138. The molecule has 0 aromatic heterocycles. The number of likely N-dealkylation sites (tertiary alicyclic amines) is 1. The average molecular weight is 344 g/mol. The molecule has 1 atom stereocenters. The highest BCUT2D eigenvalue weighted by molar-refractivity contribution is 5.79. The smallest absolute Gasteiger partial charge is 0.401 e. The second kappa shape index (κ2) is 6.88.